The molecule has 7 nitrogen and oxygen atoms in total. The summed E-state index contributed by atoms with van der Waals surface area (Å²) in [5.41, 5.74) is 6.14. The van der Waals surface area contributed by atoms with Crippen molar-refractivity contribution in [1.29, 1.82) is 0 Å². The number of nitrogens with zero attached hydrogens (tertiary/aromatic N) is 4. The molecule has 1 atom stereocenters. The van der Waals surface area contributed by atoms with Gasteiger partial charge in [-0.3, -0.25) is 9.69 Å². The lowest BCUT2D eigenvalue weighted by Gasteiger charge is -2.39. The Kier molecular flexibility index (Phi) is 5.46. The monoisotopic (exact) mass is 292 g/mol. The van der Waals surface area contributed by atoms with E-state index in [1.165, 1.54) is 0 Å². The number of carbonyl (C=O) groups is 1. The van der Waals surface area contributed by atoms with Crippen LogP contribution in [0.4, 0.5) is 5.82 Å². The van der Waals surface area contributed by atoms with Gasteiger partial charge in [0.2, 0.25) is 0 Å². The minimum absolute atomic E-state index is 0.215. The molecule has 1 aliphatic rings. The first kappa shape index (κ1) is 15.7. The summed E-state index contributed by atoms with van der Waals surface area (Å²) < 4.78 is 0. The maximum absolute atomic E-state index is 11.4. The Hall–Kier alpha value is -1.73. The van der Waals surface area contributed by atoms with E-state index in [2.05, 4.69) is 32.2 Å². The highest BCUT2D eigenvalue weighted by Crippen LogP contribution is 2.15. The second-order valence-electron chi connectivity index (χ2n) is 5.18. The average molecular weight is 292 g/mol. The van der Waals surface area contributed by atoms with Gasteiger partial charge in [0.15, 0.2) is 11.5 Å². The largest absolute Gasteiger partial charge is 0.354 e. The Balaban J connectivity index is 1.94. The van der Waals surface area contributed by atoms with Crippen LogP contribution in [0.5, 0.6) is 0 Å². The molecule has 1 aliphatic heterocycles. The van der Waals surface area contributed by atoms with Gasteiger partial charge in [-0.2, -0.15) is 0 Å². The number of carbonyl (C=O) groups excluding carboxylic acids is 1. The first-order valence-electron chi connectivity index (χ1n) is 7.44. The van der Waals surface area contributed by atoms with Crippen molar-refractivity contribution in [2.24, 2.45) is 5.73 Å². The molecule has 1 saturated heterocycles. The van der Waals surface area contributed by atoms with Crippen LogP contribution in [-0.4, -0.2) is 66.8 Å². The average Bonchev–Trinajstić information content (AvgIpc) is 2.56. The third-order valence-electron chi connectivity index (χ3n) is 4.01. The lowest BCUT2D eigenvalue weighted by Crippen LogP contribution is -2.52. The van der Waals surface area contributed by atoms with Crippen LogP contribution in [0.2, 0.25) is 0 Å². The van der Waals surface area contributed by atoms with Crippen molar-refractivity contribution in [3.8, 4) is 0 Å². The molecule has 0 aromatic carbocycles. The highest BCUT2D eigenvalue weighted by Gasteiger charge is 2.22. The van der Waals surface area contributed by atoms with E-state index in [0.717, 1.165) is 38.4 Å². The number of piperazine rings is 1. The van der Waals surface area contributed by atoms with Crippen LogP contribution in [0.25, 0.3) is 0 Å². The molecule has 21 heavy (non-hydrogen) atoms. The van der Waals surface area contributed by atoms with Crippen LogP contribution < -0.4 is 16.0 Å². The zero-order chi connectivity index (χ0) is 15.2. The third kappa shape index (κ3) is 3.68. The van der Waals surface area contributed by atoms with E-state index in [1.54, 1.807) is 13.1 Å². The second kappa shape index (κ2) is 7.33. The number of aromatic nitrogens is 2. The molecule has 0 bridgehead atoms. The predicted octanol–water partition coefficient (Wildman–Crippen LogP) is -0.304. The van der Waals surface area contributed by atoms with Crippen LogP contribution in [0.15, 0.2) is 12.1 Å². The molecule has 7 heteroatoms. The first-order chi connectivity index (χ1) is 10.2. The van der Waals surface area contributed by atoms with Crippen molar-refractivity contribution in [2.75, 3.05) is 44.7 Å². The van der Waals surface area contributed by atoms with Gasteiger partial charge >= 0.3 is 0 Å². The predicted molar refractivity (Wildman–Crippen MR) is 82.3 cm³/mol. The fraction of sp³-hybridized carbons (Fsp3) is 0.643. The Labute approximate surface area is 125 Å². The SMILES string of the molecule is CCC(CN)N1CCN(c2ccc(C(=O)NC)nn2)CC1. The third-order valence-corrected chi connectivity index (χ3v) is 4.01. The molecule has 2 rings (SSSR count). The van der Waals surface area contributed by atoms with E-state index in [1.807, 2.05) is 6.07 Å². The van der Waals surface area contributed by atoms with Gasteiger partial charge in [0, 0.05) is 45.8 Å². The Morgan fingerprint density at radius 3 is 2.52 bits per heavy atom. The zero-order valence-electron chi connectivity index (χ0n) is 12.7. The summed E-state index contributed by atoms with van der Waals surface area (Å²) in [7, 11) is 1.58. The number of amides is 1. The topological polar surface area (TPSA) is 87.4 Å². The summed E-state index contributed by atoms with van der Waals surface area (Å²) in [5, 5.41) is 10.7. The molecule has 0 saturated carbocycles. The fourth-order valence-electron chi connectivity index (χ4n) is 2.63. The summed E-state index contributed by atoms with van der Waals surface area (Å²) in [6.45, 7) is 6.65. The van der Waals surface area contributed by atoms with Gasteiger partial charge in [0.1, 0.15) is 0 Å². The van der Waals surface area contributed by atoms with E-state index >= 15 is 0 Å². The van der Waals surface area contributed by atoms with E-state index in [-0.39, 0.29) is 5.91 Å². The van der Waals surface area contributed by atoms with Crippen molar-refractivity contribution in [3.63, 3.8) is 0 Å². The zero-order valence-corrected chi connectivity index (χ0v) is 12.7. The summed E-state index contributed by atoms with van der Waals surface area (Å²) in [6, 6.07) is 4.03. The van der Waals surface area contributed by atoms with Crippen molar-refractivity contribution < 1.29 is 4.79 Å². The summed E-state index contributed by atoms with van der Waals surface area (Å²) in [5.74, 6) is 0.607. The molecule has 2 heterocycles. The maximum atomic E-state index is 11.4. The van der Waals surface area contributed by atoms with E-state index in [0.29, 0.717) is 18.3 Å². The fourth-order valence-corrected chi connectivity index (χ4v) is 2.63. The molecule has 1 aromatic rings. The number of nitrogens with one attached hydrogen (secondary N) is 1. The summed E-state index contributed by atoms with van der Waals surface area (Å²) in [4.78, 5) is 16.1. The molecular weight excluding hydrogens is 268 g/mol. The normalized spacial score (nSPS) is 17.6. The molecule has 116 valence electrons. The van der Waals surface area contributed by atoms with Crippen LogP contribution in [0.3, 0.4) is 0 Å². The summed E-state index contributed by atoms with van der Waals surface area (Å²) in [6.07, 6.45) is 1.08. The van der Waals surface area contributed by atoms with E-state index in [9.17, 15) is 4.79 Å². The standard InChI is InChI=1S/C14H24N6O/c1-3-11(10-15)19-6-8-20(9-7-19)13-5-4-12(17-18-13)14(21)16-2/h4-5,11H,3,6-10,15H2,1-2H3,(H,16,21). The molecule has 0 aliphatic carbocycles. The molecule has 0 radical (unpaired) electrons. The Morgan fingerprint density at radius 1 is 1.33 bits per heavy atom. The molecule has 0 spiro atoms. The number of hydrogen-bond acceptors (Lipinski definition) is 6. The van der Waals surface area contributed by atoms with Crippen molar-refractivity contribution in [3.05, 3.63) is 17.8 Å². The number of nitrogens with two attached hydrogens (primary N) is 1. The second-order valence-corrected chi connectivity index (χ2v) is 5.18. The minimum Gasteiger partial charge on any atom is -0.354 e. The van der Waals surface area contributed by atoms with Gasteiger partial charge in [-0.1, -0.05) is 6.92 Å². The van der Waals surface area contributed by atoms with Gasteiger partial charge in [0.25, 0.3) is 5.91 Å². The molecular formula is C14H24N6O. The smallest absolute Gasteiger partial charge is 0.271 e. The van der Waals surface area contributed by atoms with E-state index in [4.69, 9.17) is 5.73 Å². The maximum Gasteiger partial charge on any atom is 0.271 e. The minimum atomic E-state index is -0.215. The Morgan fingerprint density at radius 2 is 2.05 bits per heavy atom. The number of rotatable bonds is 5. The van der Waals surface area contributed by atoms with Crippen LogP contribution >= 0.6 is 0 Å². The number of anilines is 1. The molecule has 1 unspecified atom stereocenters. The highest BCUT2D eigenvalue weighted by atomic mass is 16.1. The van der Waals surface area contributed by atoms with Crippen LogP contribution in [-0.2, 0) is 0 Å². The lowest BCUT2D eigenvalue weighted by molar-refractivity contribution is 0.0957. The van der Waals surface area contributed by atoms with Crippen molar-refractivity contribution in [1.82, 2.24) is 20.4 Å². The van der Waals surface area contributed by atoms with Crippen molar-refractivity contribution in [2.45, 2.75) is 19.4 Å². The van der Waals surface area contributed by atoms with Gasteiger partial charge in [-0.05, 0) is 18.6 Å². The molecule has 1 fully saturated rings. The van der Waals surface area contributed by atoms with Gasteiger partial charge in [0.05, 0.1) is 0 Å². The van der Waals surface area contributed by atoms with Crippen molar-refractivity contribution >= 4 is 11.7 Å². The summed E-state index contributed by atoms with van der Waals surface area (Å²) >= 11 is 0. The quantitative estimate of drug-likeness (QED) is 0.774. The Bertz CT molecular complexity index is 451. The molecule has 1 aromatic heterocycles. The molecule has 1 amide bonds. The van der Waals surface area contributed by atoms with Gasteiger partial charge in [-0.15, -0.1) is 10.2 Å². The lowest BCUT2D eigenvalue weighted by atomic mass is 10.1. The number of hydrogen-bond donors (Lipinski definition) is 2. The first-order valence-corrected chi connectivity index (χ1v) is 7.44. The van der Waals surface area contributed by atoms with Crippen LogP contribution in [0, 0.1) is 0 Å². The van der Waals surface area contributed by atoms with Gasteiger partial charge < -0.3 is 16.0 Å². The van der Waals surface area contributed by atoms with Gasteiger partial charge in [-0.25, -0.2) is 0 Å². The highest BCUT2D eigenvalue weighted by molar-refractivity contribution is 5.91. The van der Waals surface area contributed by atoms with E-state index < -0.39 is 0 Å². The molecule has 3 N–H and O–H groups in total. The van der Waals surface area contributed by atoms with Crippen LogP contribution in [0.1, 0.15) is 23.8 Å².